The first-order valence-electron chi connectivity index (χ1n) is 10.1. The van der Waals surface area contributed by atoms with Gasteiger partial charge in [0, 0.05) is 57.3 Å². The molecule has 0 bridgehead atoms. The van der Waals surface area contributed by atoms with E-state index in [1.54, 1.807) is 6.92 Å². The summed E-state index contributed by atoms with van der Waals surface area (Å²) in [6.07, 6.45) is 2.18. The summed E-state index contributed by atoms with van der Waals surface area (Å²) in [6.45, 7) is 16.1. The number of amides is 1. The fraction of sp³-hybridized carbons (Fsp3) is 0.682. The van der Waals surface area contributed by atoms with Crippen LogP contribution in [0.5, 0.6) is 0 Å². The summed E-state index contributed by atoms with van der Waals surface area (Å²) in [7, 11) is 0. The van der Waals surface area contributed by atoms with E-state index in [-0.39, 0.29) is 11.4 Å². The Hall–Kier alpha value is -1.39. The van der Waals surface area contributed by atoms with Gasteiger partial charge in [-0.3, -0.25) is 14.6 Å². The lowest BCUT2D eigenvalue weighted by atomic mass is 9.86. The van der Waals surface area contributed by atoms with Crippen molar-refractivity contribution in [3.8, 4) is 0 Å². The number of rotatable bonds is 3. The number of piperazine rings is 1. The molecule has 2 aliphatic heterocycles. The fourth-order valence-corrected chi connectivity index (χ4v) is 4.69. The first-order valence-corrected chi connectivity index (χ1v) is 10.1. The third-order valence-electron chi connectivity index (χ3n) is 6.79. The highest BCUT2D eigenvalue weighted by Gasteiger charge is 2.40. The molecule has 2 unspecified atom stereocenters. The van der Waals surface area contributed by atoms with Gasteiger partial charge in [-0.2, -0.15) is 0 Å². The fourth-order valence-electron chi connectivity index (χ4n) is 4.69. The number of nitrogens with zero attached hydrogens (tertiary/aromatic N) is 3. The Bertz CT molecular complexity index is 619. The molecular weight excluding hydrogens is 322 g/mol. The Labute approximate surface area is 159 Å². The molecule has 0 saturated carbocycles. The third kappa shape index (κ3) is 3.96. The number of aryl methyl sites for hydroxylation is 1. The molecule has 0 aromatic heterocycles. The number of carbonyl (C=O) groups excluding carboxylic acids is 1. The smallest absolute Gasteiger partial charge is 0.219 e. The Balaban J connectivity index is 1.61. The van der Waals surface area contributed by atoms with Crippen molar-refractivity contribution in [1.82, 2.24) is 14.7 Å². The first-order chi connectivity index (χ1) is 12.3. The molecule has 2 aliphatic rings. The normalized spacial score (nSPS) is 25.9. The molecule has 4 nitrogen and oxygen atoms in total. The van der Waals surface area contributed by atoms with E-state index in [1.807, 2.05) is 4.90 Å². The van der Waals surface area contributed by atoms with Crippen molar-refractivity contribution in [1.29, 1.82) is 0 Å². The van der Waals surface area contributed by atoms with Crippen LogP contribution in [0.2, 0.25) is 0 Å². The van der Waals surface area contributed by atoms with Gasteiger partial charge in [-0.1, -0.05) is 29.8 Å². The van der Waals surface area contributed by atoms with Crippen LogP contribution >= 0.6 is 0 Å². The number of likely N-dealkylation sites (tertiary alicyclic amines) is 1. The van der Waals surface area contributed by atoms with E-state index in [0.717, 1.165) is 45.6 Å². The summed E-state index contributed by atoms with van der Waals surface area (Å²) >= 11 is 0. The number of benzene rings is 1. The molecule has 0 spiro atoms. The molecule has 4 heteroatoms. The summed E-state index contributed by atoms with van der Waals surface area (Å²) in [5.74, 6) is 0.220. The van der Waals surface area contributed by atoms with Gasteiger partial charge in [-0.25, -0.2) is 0 Å². The Morgan fingerprint density at radius 2 is 1.73 bits per heavy atom. The quantitative estimate of drug-likeness (QED) is 0.829. The van der Waals surface area contributed by atoms with Crippen molar-refractivity contribution in [3.05, 3.63) is 35.4 Å². The Morgan fingerprint density at radius 1 is 1.12 bits per heavy atom. The van der Waals surface area contributed by atoms with Crippen LogP contribution in [0.25, 0.3) is 0 Å². The SMILES string of the molecule is CC(=O)N1CCC(C)(N2CCN(C(C)c3ccc(C)cc3)C(C)C2)CC1. The summed E-state index contributed by atoms with van der Waals surface area (Å²) in [5.41, 5.74) is 2.97. The van der Waals surface area contributed by atoms with Gasteiger partial charge in [0.05, 0.1) is 0 Å². The van der Waals surface area contributed by atoms with E-state index in [2.05, 4.69) is 61.8 Å². The lowest BCUT2D eigenvalue weighted by Crippen LogP contribution is -2.62. The monoisotopic (exact) mass is 357 g/mol. The van der Waals surface area contributed by atoms with Gasteiger partial charge >= 0.3 is 0 Å². The van der Waals surface area contributed by atoms with E-state index in [1.165, 1.54) is 11.1 Å². The average Bonchev–Trinajstić information content (AvgIpc) is 2.62. The zero-order valence-corrected chi connectivity index (χ0v) is 17.2. The molecule has 0 aliphatic carbocycles. The maximum Gasteiger partial charge on any atom is 0.219 e. The summed E-state index contributed by atoms with van der Waals surface area (Å²) in [4.78, 5) is 19.0. The van der Waals surface area contributed by atoms with Crippen LogP contribution in [0.1, 0.15) is 57.7 Å². The van der Waals surface area contributed by atoms with Gasteiger partial charge in [0.15, 0.2) is 0 Å². The lowest BCUT2D eigenvalue weighted by Gasteiger charge is -2.52. The Morgan fingerprint density at radius 3 is 2.27 bits per heavy atom. The van der Waals surface area contributed by atoms with Gasteiger partial charge in [0.25, 0.3) is 0 Å². The Kier molecular flexibility index (Phi) is 5.73. The highest BCUT2D eigenvalue weighted by atomic mass is 16.2. The standard InChI is InChI=1S/C22H35N3O/c1-17-6-8-21(9-7-17)19(3)25-15-14-24(16-18(25)2)22(5)10-12-23(13-11-22)20(4)26/h6-9,18-19H,10-16H2,1-5H3. The van der Waals surface area contributed by atoms with Crippen molar-refractivity contribution in [2.24, 2.45) is 0 Å². The number of hydrogen-bond acceptors (Lipinski definition) is 3. The van der Waals surface area contributed by atoms with Crippen LogP contribution in [0.15, 0.2) is 24.3 Å². The predicted octanol–water partition coefficient (Wildman–Crippen LogP) is 3.46. The maximum atomic E-state index is 11.6. The van der Waals surface area contributed by atoms with E-state index in [4.69, 9.17) is 0 Å². The van der Waals surface area contributed by atoms with Crippen molar-refractivity contribution >= 4 is 5.91 Å². The third-order valence-corrected chi connectivity index (χ3v) is 6.79. The summed E-state index contributed by atoms with van der Waals surface area (Å²) in [6, 6.07) is 9.99. The van der Waals surface area contributed by atoms with Gasteiger partial charge in [0.1, 0.15) is 0 Å². The molecule has 26 heavy (non-hydrogen) atoms. The van der Waals surface area contributed by atoms with Crippen LogP contribution in [-0.4, -0.2) is 64.9 Å². The molecule has 2 saturated heterocycles. The van der Waals surface area contributed by atoms with Crippen LogP contribution < -0.4 is 0 Å². The topological polar surface area (TPSA) is 26.8 Å². The second kappa shape index (κ2) is 7.69. The van der Waals surface area contributed by atoms with Crippen molar-refractivity contribution in [2.75, 3.05) is 32.7 Å². The second-order valence-electron chi connectivity index (χ2n) is 8.62. The predicted molar refractivity (Wildman–Crippen MR) is 107 cm³/mol. The summed E-state index contributed by atoms with van der Waals surface area (Å²) in [5, 5.41) is 0. The molecule has 2 fully saturated rings. The summed E-state index contributed by atoms with van der Waals surface area (Å²) < 4.78 is 0. The number of piperidine rings is 1. The molecule has 1 aromatic carbocycles. The highest BCUT2D eigenvalue weighted by Crippen LogP contribution is 2.33. The van der Waals surface area contributed by atoms with Crippen LogP contribution in [0.3, 0.4) is 0 Å². The molecule has 3 rings (SSSR count). The lowest BCUT2D eigenvalue weighted by molar-refractivity contribution is -0.132. The minimum absolute atomic E-state index is 0.220. The van der Waals surface area contributed by atoms with E-state index < -0.39 is 0 Å². The van der Waals surface area contributed by atoms with Crippen molar-refractivity contribution < 1.29 is 4.79 Å². The zero-order valence-electron chi connectivity index (χ0n) is 17.2. The second-order valence-corrected chi connectivity index (χ2v) is 8.62. The molecule has 2 atom stereocenters. The van der Waals surface area contributed by atoms with Crippen LogP contribution in [0, 0.1) is 6.92 Å². The van der Waals surface area contributed by atoms with Crippen LogP contribution in [-0.2, 0) is 4.79 Å². The number of carbonyl (C=O) groups is 1. The minimum atomic E-state index is 0.220. The zero-order chi connectivity index (χ0) is 18.9. The van der Waals surface area contributed by atoms with E-state index in [0.29, 0.717) is 12.1 Å². The van der Waals surface area contributed by atoms with Crippen LogP contribution in [0.4, 0.5) is 0 Å². The molecule has 144 valence electrons. The van der Waals surface area contributed by atoms with E-state index in [9.17, 15) is 4.79 Å². The first kappa shape index (κ1) is 19.4. The molecule has 0 N–H and O–H groups in total. The molecule has 1 amide bonds. The van der Waals surface area contributed by atoms with Gasteiger partial charge in [0.2, 0.25) is 5.91 Å². The molecule has 2 heterocycles. The minimum Gasteiger partial charge on any atom is -0.343 e. The van der Waals surface area contributed by atoms with Crippen molar-refractivity contribution in [2.45, 2.75) is 65.1 Å². The highest BCUT2D eigenvalue weighted by molar-refractivity contribution is 5.73. The average molecular weight is 358 g/mol. The van der Waals surface area contributed by atoms with Gasteiger partial charge in [-0.15, -0.1) is 0 Å². The van der Waals surface area contributed by atoms with Gasteiger partial charge < -0.3 is 4.90 Å². The van der Waals surface area contributed by atoms with E-state index >= 15 is 0 Å². The maximum absolute atomic E-state index is 11.6. The molecule has 1 aromatic rings. The number of hydrogen-bond donors (Lipinski definition) is 0. The largest absolute Gasteiger partial charge is 0.343 e. The van der Waals surface area contributed by atoms with Gasteiger partial charge in [-0.05, 0) is 46.1 Å². The molecular formula is C22H35N3O. The van der Waals surface area contributed by atoms with Crippen molar-refractivity contribution in [3.63, 3.8) is 0 Å². The molecule has 0 radical (unpaired) electrons.